The van der Waals surface area contributed by atoms with Crippen molar-refractivity contribution in [2.75, 3.05) is 0 Å². The maximum atomic E-state index is 9.13. The third kappa shape index (κ3) is 10.7. The zero-order chi connectivity index (χ0) is 22.8. The van der Waals surface area contributed by atoms with Crippen molar-refractivity contribution in [1.82, 2.24) is 0 Å². The van der Waals surface area contributed by atoms with Crippen molar-refractivity contribution in [1.29, 1.82) is 0 Å². The van der Waals surface area contributed by atoms with Crippen molar-refractivity contribution in [2.24, 2.45) is 0 Å². The van der Waals surface area contributed by atoms with Crippen LogP contribution in [0.3, 0.4) is 0 Å². The number of rotatable bonds is 0. The first-order chi connectivity index (χ1) is 14.5. The first kappa shape index (κ1) is 26.4. The van der Waals surface area contributed by atoms with Crippen LogP contribution in [0.2, 0.25) is 0 Å². The summed E-state index contributed by atoms with van der Waals surface area (Å²) in [4.78, 5) is 21.5. The average Bonchev–Trinajstić information content (AvgIpc) is 3.47. The molecule has 0 unspecified atom stereocenters. The number of aliphatic carboxylic acids is 2. The summed E-state index contributed by atoms with van der Waals surface area (Å²) in [5.74, 6) is 0.454. The Labute approximate surface area is 187 Å². The van der Waals surface area contributed by atoms with Crippen LogP contribution in [0.25, 0.3) is 21.5 Å². The first-order valence-electron chi connectivity index (χ1n) is 8.49. The van der Waals surface area contributed by atoms with E-state index < -0.39 is 11.9 Å². The Morgan fingerprint density at radius 3 is 1.60 bits per heavy atom. The molecule has 148 valence electrons. The second-order valence-electron chi connectivity index (χ2n) is 5.22. The fourth-order valence-electron chi connectivity index (χ4n) is 2.24. The van der Waals surface area contributed by atoms with Gasteiger partial charge in [-0.2, -0.15) is 6.08 Å². The molecule has 0 heterocycles. The minimum absolute atomic E-state index is 1.01. The molecule has 5 heteroatoms. The van der Waals surface area contributed by atoms with Crippen molar-refractivity contribution in [2.45, 2.75) is 6.42 Å². The van der Waals surface area contributed by atoms with Gasteiger partial charge in [-0.3, -0.25) is 6.08 Å². The number of carbonyl (C=O) groups is 2. The number of carboxylic acids is 2. The van der Waals surface area contributed by atoms with E-state index in [-0.39, 0.29) is 0 Å². The van der Waals surface area contributed by atoms with Gasteiger partial charge in [0.2, 0.25) is 0 Å². The molecule has 3 aromatic rings. The summed E-state index contributed by atoms with van der Waals surface area (Å²) in [5, 5.41) is 20.4. The maximum Gasteiger partial charge on any atom is -0.0771 e. The van der Waals surface area contributed by atoms with Crippen LogP contribution in [0.5, 0.6) is 0 Å². The first-order valence-corrected chi connectivity index (χ1v) is 9.59. The van der Waals surface area contributed by atoms with Gasteiger partial charge in [-0.1, -0.05) is 36.4 Å². The van der Waals surface area contributed by atoms with E-state index in [1.165, 1.54) is 33.4 Å². The summed E-state index contributed by atoms with van der Waals surface area (Å²) < 4.78 is 0. The molecule has 30 heavy (non-hydrogen) atoms. The molecule has 0 aliphatic heterocycles. The molecule has 0 saturated carbocycles. The summed E-state index contributed by atoms with van der Waals surface area (Å²) >= 11 is 1.75. The van der Waals surface area contributed by atoms with Crippen LogP contribution in [-0.4, -0.2) is 27.0 Å². The molecule has 0 aromatic heterocycles. The number of hydrogen-bond acceptors (Lipinski definition) is 2. The molecular weight excluding hydrogens is 412 g/mol. The Morgan fingerprint density at radius 1 is 0.933 bits per heavy atom. The van der Waals surface area contributed by atoms with Crippen LogP contribution in [0.15, 0.2) is 72.8 Å². The molecule has 1 aliphatic rings. The number of carboxylic acid groups (broad SMARTS) is 2. The predicted molar refractivity (Wildman–Crippen MR) is 119 cm³/mol. The zero-order valence-electron chi connectivity index (χ0n) is 16.2. The summed E-state index contributed by atoms with van der Waals surface area (Å²) in [6.07, 6.45) is 18.6. The largest absolute Gasteiger partial charge is 0.126 e. The van der Waals surface area contributed by atoms with Gasteiger partial charge in [0.1, 0.15) is 0 Å². The van der Waals surface area contributed by atoms with Crippen LogP contribution in [0.1, 0.15) is 6.42 Å². The van der Waals surface area contributed by atoms with E-state index in [0.29, 0.717) is 0 Å². The molecule has 0 atom stereocenters. The van der Waals surface area contributed by atoms with Crippen molar-refractivity contribution >= 4 is 38.3 Å². The van der Waals surface area contributed by atoms with Gasteiger partial charge in [0.25, 0.3) is 0 Å². The molecule has 1 aliphatic carbocycles. The number of terminal acetylenes is 2. The summed E-state index contributed by atoms with van der Waals surface area (Å²) in [7, 11) is 0. The Kier molecular flexibility index (Phi) is 14.4. The van der Waals surface area contributed by atoms with Gasteiger partial charge in [-0.05, 0) is 0 Å². The minimum Gasteiger partial charge on any atom is -0.126 e. The van der Waals surface area contributed by atoms with Gasteiger partial charge in [-0.15, -0.1) is 59.0 Å². The molecule has 3 aromatic carbocycles. The molecule has 0 fully saturated rings. The van der Waals surface area contributed by atoms with Crippen LogP contribution in [0, 0.1) is 30.8 Å². The van der Waals surface area contributed by atoms with Crippen molar-refractivity contribution in [3.8, 4) is 24.7 Å². The monoisotopic (exact) mass is 432 g/mol. The Hall–Kier alpha value is -3.57. The van der Waals surface area contributed by atoms with Gasteiger partial charge in [0, 0.05) is 11.8 Å². The topological polar surface area (TPSA) is 74.6 Å². The zero-order valence-corrected chi connectivity index (χ0v) is 17.8. The van der Waals surface area contributed by atoms with Gasteiger partial charge >= 0.3 is 36.7 Å². The van der Waals surface area contributed by atoms with Gasteiger partial charge in [0.15, 0.2) is 0 Å². The summed E-state index contributed by atoms with van der Waals surface area (Å²) in [6, 6.07) is 19.3. The smallest absolute Gasteiger partial charge is 0.0771 e. The van der Waals surface area contributed by atoms with E-state index >= 15 is 0 Å². The molecule has 0 amide bonds. The normalized spacial score (nSPS) is 9.73. The summed E-state index contributed by atoms with van der Waals surface area (Å²) in [6.45, 7) is 0. The molecular formula is C25H20O4Ti. The Morgan fingerprint density at radius 2 is 1.33 bits per heavy atom. The maximum absolute atomic E-state index is 9.13. The molecule has 0 bridgehead atoms. The molecule has 0 spiro atoms. The van der Waals surface area contributed by atoms with Crippen LogP contribution >= 0.6 is 0 Å². The van der Waals surface area contributed by atoms with Crippen LogP contribution < -0.4 is 0 Å². The number of fused-ring (bicyclic) bond motifs is 3. The molecule has 0 radical (unpaired) electrons. The Bertz CT molecular complexity index is 1010. The standard InChI is InChI=1S/C13H9.C5H5.2C3H2O2.CH2.Ti/c1-3-7-12-10(5-1)9-11-6-2-4-8-13(11)12;1-2-4-5-3-1;2*1-2-3(4)5;;/h1-9H;1-3H,4H2;2*1H,(H,4,5);1H2;/q2*-1;;;;+2. The average molecular weight is 432 g/mol. The SMILES string of the molecule is C#CC(=O)O.C#CC(=O)O.[C-]1=CC=CC1.[CH2]=[Ti+2].c1ccc2c(c1)[cH-]c1ccccc12. The van der Waals surface area contributed by atoms with Crippen LogP contribution in [-0.2, 0) is 29.6 Å². The van der Waals surface area contributed by atoms with E-state index in [1.54, 1.807) is 20.0 Å². The molecule has 0 saturated heterocycles. The number of benzene rings is 2. The van der Waals surface area contributed by atoms with Gasteiger partial charge in [0.05, 0.1) is 0 Å². The quantitative estimate of drug-likeness (QED) is 0.314. The predicted octanol–water partition coefficient (Wildman–Crippen LogP) is 4.39. The van der Waals surface area contributed by atoms with E-state index in [9.17, 15) is 0 Å². The van der Waals surface area contributed by atoms with Crippen LogP contribution in [0.4, 0.5) is 0 Å². The third-order valence-electron chi connectivity index (χ3n) is 3.36. The molecule has 2 N–H and O–H groups in total. The fourth-order valence-corrected chi connectivity index (χ4v) is 2.24. The van der Waals surface area contributed by atoms with E-state index in [1.807, 2.05) is 12.2 Å². The van der Waals surface area contributed by atoms with Crippen molar-refractivity contribution in [3.63, 3.8) is 0 Å². The van der Waals surface area contributed by atoms with Gasteiger partial charge < -0.3 is 10.2 Å². The van der Waals surface area contributed by atoms with Crippen molar-refractivity contribution in [3.05, 3.63) is 78.9 Å². The minimum atomic E-state index is -1.22. The Balaban J connectivity index is 0.000000417. The second-order valence-corrected chi connectivity index (χ2v) is 5.22. The van der Waals surface area contributed by atoms with E-state index in [2.05, 4.69) is 84.4 Å². The summed E-state index contributed by atoms with van der Waals surface area (Å²) in [5.41, 5.74) is 0. The van der Waals surface area contributed by atoms with E-state index in [4.69, 9.17) is 19.8 Å². The number of allylic oxidation sites excluding steroid dienone is 4. The fraction of sp³-hybridized carbons (Fsp3) is 0.0400. The molecule has 4 rings (SSSR count). The molecule has 4 nitrogen and oxygen atoms in total. The second kappa shape index (κ2) is 16.4. The van der Waals surface area contributed by atoms with Gasteiger partial charge in [-0.25, -0.2) is 21.7 Å². The number of hydrogen-bond donors (Lipinski definition) is 2. The van der Waals surface area contributed by atoms with Crippen molar-refractivity contribution < 1.29 is 39.8 Å². The third-order valence-corrected chi connectivity index (χ3v) is 3.36. The van der Waals surface area contributed by atoms with E-state index in [0.717, 1.165) is 6.42 Å².